The van der Waals surface area contributed by atoms with E-state index in [0.717, 1.165) is 38.9 Å². The molecule has 1 saturated heterocycles. The van der Waals surface area contributed by atoms with Gasteiger partial charge in [-0.3, -0.25) is 4.79 Å². The van der Waals surface area contributed by atoms with E-state index in [-0.39, 0.29) is 0 Å². The highest BCUT2D eigenvalue weighted by atomic mass is 16.2. The SMILES string of the molecule is CCCCN(C)C(=O)CC1CNC1. The number of rotatable bonds is 5. The van der Waals surface area contributed by atoms with Crippen LogP contribution in [0.3, 0.4) is 0 Å². The van der Waals surface area contributed by atoms with E-state index in [1.165, 1.54) is 0 Å². The molecule has 0 aliphatic carbocycles. The molecule has 76 valence electrons. The minimum absolute atomic E-state index is 0.306. The van der Waals surface area contributed by atoms with E-state index in [0.29, 0.717) is 11.8 Å². The maximum atomic E-state index is 11.6. The van der Waals surface area contributed by atoms with Gasteiger partial charge in [-0.2, -0.15) is 0 Å². The molecule has 0 aromatic rings. The average Bonchev–Trinajstić information content (AvgIpc) is 2.06. The fourth-order valence-corrected chi connectivity index (χ4v) is 1.42. The molecule has 1 fully saturated rings. The predicted molar refractivity (Wildman–Crippen MR) is 53.5 cm³/mol. The highest BCUT2D eigenvalue weighted by molar-refractivity contribution is 5.76. The van der Waals surface area contributed by atoms with Gasteiger partial charge in [0.2, 0.25) is 5.91 Å². The fraction of sp³-hybridized carbons (Fsp3) is 0.900. The van der Waals surface area contributed by atoms with Crippen LogP contribution in [0.4, 0.5) is 0 Å². The Labute approximate surface area is 80.5 Å². The van der Waals surface area contributed by atoms with Crippen LogP contribution in [0, 0.1) is 5.92 Å². The molecule has 0 aromatic carbocycles. The van der Waals surface area contributed by atoms with Gasteiger partial charge in [-0.05, 0) is 25.4 Å². The van der Waals surface area contributed by atoms with Crippen molar-refractivity contribution in [3.05, 3.63) is 0 Å². The lowest BCUT2D eigenvalue weighted by atomic mass is 9.99. The van der Waals surface area contributed by atoms with Crippen LogP contribution in [0.15, 0.2) is 0 Å². The summed E-state index contributed by atoms with van der Waals surface area (Å²) in [5, 5.41) is 3.18. The second kappa shape index (κ2) is 5.22. The van der Waals surface area contributed by atoms with E-state index in [1.54, 1.807) is 0 Å². The molecular formula is C10H20N2O. The molecular weight excluding hydrogens is 164 g/mol. The average molecular weight is 184 g/mol. The Morgan fingerprint density at radius 3 is 2.69 bits per heavy atom. The third kappa shape index (κ3) is 3.35. The summed E-state index contributed by atoms with van der Waals surface area (Å²) in [5.74, 6) is 0.900. The van der Waals surface area contributed by atoms with Crippen LogP contribution in [-0.2, 0) is 4.79 Å². The first-order valence-electron chi connectivity index (χ1n) is 5.18. The van der Waals surface area contributed by atoms with Gasteiger partial charge in [-0.15, -0.1) is 0 Å². The Morgan fingerprint density at radius 1 is 1.54 bits per heavy atom. The third-order valence-corrected chi connectivity index (χ3v) is 2.60. The minimum atomic E-state index is 0.306. The summed E-state index contributed by atoms with van der Waals surface area (Å²) in [6.45, 7) is 5.10. The molecule has 1 aliphatic heterocycles. The lowest BCUT2D eigenvalue weighted by Gasteiger charge is -2.28. The van der Waals surface area contributed by atoms with Crippen LogP contribution < -0.4 is 5.32 Å². The number of unbranched alkanes of at least 4 members (excludes halogenated alkanes) is 1. The van der Waals surface area contributed by atoms with Gasteiger partial charge in [0, 0.05) is 20.0 Å². The predicted octanol–water partition coefficient (Wildman–Crippen LogP) is 0.854. The largest absolute Gasteiger partial charge is 0.346 e. The zero-order valence-corrected chi connectivity index (χ0v) is 8.68. The zero-order valence-electron chi connectivity index (χ0n) is 8.68. The van der Waals surface area contributed by atoms with Crippen molar-refractivity contribution >= 4 is 5.91 Å². The van der Waals surface area contributed by atoms with Gasteiger partial charge in [0.25, 0.3) is 0 Å². The lowest BCUT2D eigenvalue weighted by molar-refractivity contribution is -0.131. The summed E-state index contributed by atoms with van der Waals surface area (Å²) in [7, 11) is 1.91. The van der Waals surface area contributed by atoms with Crippen LogP contribution in [0.5, 0.6) is 0 Å². The first-order chi connectivity index (χ1) is 6.24. The van der Waals surface area contributed by atoms with Crippen LogP contribution >= 0.6 is 0 Å². The topological polar surface area (TPSA) is 32.3 Å². The van der Waals surface area contributed by atoms with Gasteiger partial charge >= 0.3 is 0 Å². The Bertz CT molecular complexity index is 166. The summed E-state index contributed by atoms with van der Waals surface area (Å²) in [6.07, 6.45) is 3.00. The number of hydrogen-bond acceptors (Lipinski definition) is 2. The van der Waals surface area contributed by atoms with E-state index in [4.69, 9.17) is 0 Å². The molecule has 1 amide bonds. The van der Waals surface area contributed by atoms with Gasteiger partial charge in [-0.25, -0.2) is 0 Å². The highest BCUT2D eigenvalue weighted by Crippen LogP contribution is 2.10. The van der Waals surface area contributed by atoms with Crippen molar-refractivity contribution in [3.8, 4) is 0 Å². The van der Waals surface area contributed by atoms with Crippen LogP contribution in [0.2, 0.25) is 0 Å². The van der Waals surface area contributed by atoms with Crippen molar-refractivity contribution in [2.75, 3.05) is 26.7 Å². The molecule has 13 heavy (non-hydrogen) atoms. The summed E-state index contributed by atoms with van der Waals surface area (Å²) < 4.78 is 0. The molecule has 0 aromatic heterocycles. The monoisotopic (exact) mass is 184 g/mol. The molecule has 0 bridgehead atoms. The molecule has 0 spiro atoms. The molecule has 1 aliphatic rings. The van der Waals surface area contributed by atoms with Crippen molar-refractivity contribution in [1.82, 2.24) is 10.2 Å². The normalized spacial score (nSPS) is 16.8. The maximum Gasteiger partial charge on any atom is 0.222 e. The van der Waals surface area contributed by atoms with Crippen molar-refractivity contribution in [3.63, 3.8) is 0 Å². The molecule has 3 heteroatoms. The quantitative estimate of drug-likeness (QED) is 0.687. The van der Waals surface area contributed by atoms with E-state index < -0.39 is 0 Å². The molecule has 0 radical (unpaired) electrons. The Morgan fingerprint density at radius 2 is 2.23 bits per heavy atom. The first-order valence-corrected chi connectivity index (χ1v) is 5.18. The lowest BCUT2D eigenvalue weighted by Crippen LogP contribution is -2.44. The molecule has 1 heterocycles. The number of nitrogens with one attached hydrogen (secondary N) is 1. The number of carbonyl (C=O) groups excluding carboxylic acids is 1. The van der Waals surface area contributed by atoms with Gasteiger partial charge in [0.05, 0.1) is 0 Å². The first kappa shape index (κ1) is 10.5. The van der Waals surface area contributed by atoms with Gasteiger partial charge in [0.1, 0.15) is 0 Å². The smallest absolute Gasteiger partial charge is 0.222 e. The van der Waals surface area contributed by atoms with Gasteiger partial charge < -0.3 is 10.2 Å². The molecule has 0 atom stereocenters. The summed E-state index contributed by atoms with van der Waals surface area (Å²) >= 11 is 0. The second-order valence-electron chi connectivity index (χ2n) is 3.90. The molecule has 0 unspecified atom stereocenters. The van der Waals surface area contributed by atoms with Crippen LogP contribution in [0.25, 0.3) is 0 Å². The standard InChI is InChI=1S/C10H20N2O/c1-3-4-5-12(2)10(13)6-9-7-11-8-9/h9,11H,3-8H2,1-2H3. The van der Waals surface area contributed by atoms with E-state index >= 15 is 0 Å². The summed E-state index contributed by atoms with van der Waals surface area (Å²) in [4.78, 5) is 13.4. The number of hydrogen-bond donors (Lipinski definition) is 1. The Balaban J connectivity index is 2.13. The van der Waals surface area contributed by atoms with Crippen LogP contribution in [0.1, 0.15) is 26.2 Å². The number of nitrogens with zero attached hydrogens (tertiary/aromatic N) is 1. The van der Waals surface area contributed by atoms with Crippen LogP contribution in [-0.4, -0.2) is 37.5 Å². The van der Waals surface area contributed by atoms with Gasteiger partial charge in [-0.1, -0.05) is 13.3 Å². The van der Waals surface area contributed by atoms with E-state index in [2.05, 4.69) is 12.2 Å². The highest BCUT2D eigenvalue weighted by Gasteiger charge is 2.21. The zero-order chi connectivity index (χ0) is 9.68. The minimum Gasteiger partial charge on any atom is -0.346 e. The Kier molecular flexibility index (Phi) is 4.22. The van der Waals surface area contributed by atoms with Crippen molar-refractivity contribution < 1.29 is 4.79 Å². The fourth-order valence-electron chi connectivity index (χ4n) is 1.42. The van der Waals surface area contributed by atoms with E-state index in [9.17, 15) is 4.79 Å². The van der Waals surface area contributed by atoms with E-state index in [1.807, 2.05) is 11.9 Å². The second-order valence-corrected chi connectivity index (χ2v) is 3.90. The summed E-state index contributed by atoms with van der Waals surface area (Å²) in [5.41, 5.74) is 0. The van der Waals surface area contributed by atoms with Crippen molar-refractivity contribution in [1.29, 1.82) is 0 Å². The molecule has 3 nitrogen and oxygen atoms in total. The molecule has 1 rings (SSSR count). The number of amides is 1. The number of carbonyl (C=O) groups is 1. The summed E-state index contributed by atoms with van der Waals surface area (Å²) in [6, 6.07) is 0. The molecule has 1 N–H and O–H groups in total. The Hall–Kier alpha value is -0.570. The maximum absolute atomic E-state index is 11.6. The molecule has 0 saturated carbocycles. The van der Waals surface area contributed by atoms with Crippen molar-refractivity contribution in [2.24, 2.45) is 5.92 Å². The van der Waals surface area contributed by atoms with Crippen molar-refractivity contribution in [2.45, 2.75) is 26.2 Å². The third-order valence-electron chi connectivity index (χ3n) is 2.60. The van der Waals surface area contributed by atoms with Gasteiger partial charge in [0.15, 0.2) is 0 Å².